The number of ether oxygens (including phenoxy) is 2. The van der Waals surface area contributed by atoms with Crippen LogP contribution in [-0.2, 0) is 9.47 Å². The van der Waals surface area contributed by atoms with Crippen LogP contribution in [0.2, 0.25) is 0 Å². The highest BCUT2D eigenvalue weighted by Gasteiger charge is 2.22. The number of hydrogen-bond acceptors (Lipinski definition) is 4. The van der Waals surface area contributed by atoms with Crippen molar-refractivity contribution >= 4 is 5.96 Å². The number of rotatable bonds is 9. The molecule has 1 saturated heterocycles. The van der Waals surface area contributed by atoms with Crippen molar-refractivity contribution in [2.45, 2.75) is 25.8 Å². The Hall–Kier alpha value is -0.850. The van der Waals surface area contributed by atoms with E-state index in [-0.39, 0.29) is 0 Å². The normalized spacial score (nSPS) is 20.9. The molecule has 0 bridgehead atoms. The first-order valence-electron chi connectivity index (χ1n) is 7.12. The van der Waals surface area contributed by atoms with E-state index in [9.17, 15) is 0 Å². The molecule has 0 aromatic heterocycles. The molecular formula is C13H28N4O2. The van der Waals surface area contributed by atoms with Gasteiger partial charge in [0.05, 0.1) is 26.4 Å². The van der Waals surface area contributed by atoms with E-state index in [1.807, 2.05) is 0 Å². The summed E-state index contributed by atoms with van der Waals surface area (Å²) in [5.74, 6) is 0.512. The second-order valence-electron chi connectivity index (χ2n) is 4.68. The third kappa shape index (κ3) is 6.75. The fraction of sp³-hybridized carbons (Fsp3) is 0.923. The van der Waals surface area contributed by atoms with Crippen LogP contribution in [0.3, 0.4) is 0 Å². The molecular weight excluding hydrogens is 244 g/mol. The molecule has 0 radical (unpaired) electrons. The predicted molar refractivity (Wildman–Crippen MR) is 77.5 cm³/mol. The maximum atomic E-state index is 5.82. The molecule has 112 valence electrons. The van der Waals surface area contributed by atoms with Gasteiger partial charge in [0.1, 0.15) is 0 Å². The third-order valence-electron chi connectivity index (χ3n) is 3.36. The van der Waals surface area contributed by atoms with Gasteiger partial charge >= 0.3 is 0 Å². The van der Waals surface area contributed by atoms with Crippen molar-refractivity contribution in [2.24, 2.45) is 10.7 Å². The topological polar surface area (TPSA) is 72.1 Å². The van der Waals surface area contributed by atoms with Gasteiger partial charge in [0.15, 0.2) is 5.96 Å². The molecule has 3 N–H and O–H groups in total. The Morgan fingerprint density at radius 3 is 3.00 bits per heavy atom. The first-order chi connectivity index (χ1) is 9.27. The van der Waals surface area contributed by atoms with Crippen LogP contribution >= 0.6 is 0 Å². The zero-order chi connectivity index (χ0) is 13.9. The average Bonchev–Trinajstić information content (AvgIpc) is 2.88. The minimum Gasteiger partial charge on any atom is -0.382 e. The van der Waals surface area contributed by atoms with Crippen LogP contribution < -0.4 is 11.1 Å². The number of nitrogens with one attached hydrogen (secondary N) is 1. The molecule has 6 nitrogen and oxygen atoms in total. The van der Waals surface area contributed by atoms with Crippen LogP contribution in [0.15, 0.2) is 4.99 Å². The first kappa shape index (κ1) is 16.2. The van der Waals surface area contributed by atoms with Gasteiger partial charge < -0.3 is 20.5 Å². The Morgan fingerprint density at radius 1 is 1.42 bits per heavy atom. The molecule has 1 rings (SSSR count). The summed E-state index contributed by atoms with van der Waals surface area (Å²) in [5, 5.41) is 3.06. The van der Waals surface area contributed by atoms with E-state index in [2.05, 4.69) is 22.1 Å². The molecule has 0 aromatic rings. The quantitative estimate of drug-likeness (QED) is 0.352. The average molecular weight is 272 g/mol. The molecule has 1 unspecified atom stereocenters. The number of nitrogens with two attached hydrogens (primary N) is 1. The van der Waals surface area contributed by atoms with E-state index in [0.717, 1.165) is 13.1 Å². The van der Waals surface area contributed by atoms with Crippen LogP contribution in [0.4, 0.5) is 0 Å². The lowest BCUT2D eigenvalue weighted by molar-refractivity contribution is 0.0733. The highest BCUT2D eigenvalue weighted by Crippen LogP contribution is 2.16. The number of aliphatic imine (C=N–C) groups is 1. The molecule has 1 aliphatic heterocycles. The molecule has 1 heterocycles. The predicted octanol–water partition coefficient (Wildman–Crippen LogP) is 0.0380. The summed E-state index contributed by atoms with van der Waals surface area (Å²) in [6, 6.07) is 0.559. The van der Waals surface area contributed by atoms with Gasteiger partial charge in [-0.3, -0.25) is 9.89 Å². The van der Waals surface area contributed by atoms with Gasteiger partial charge in [0, 0.05) is 19.7 Å². The largest absolute Gasteiger partial charge is 0.382 e. The standard InChI is InChI=1S/C13H28N4O2/c1-3-17-7-4-5-12(17)11-16-13(14)15-6-8-19-10-9-18-2/h12H,3-11H2,1-2H3,(H3,14,15,16). The van der Waals surface area contributed by atoms with E-state index in [0.29, 0.717) is 38.4 Å². The second-order valence-corrected chi connectivity index (χ2v) is 4.68. The summed E-state index contributed by atoms with van der Waals surface area (Å²) in [6.07, 6.45) is 2.50. The lowest BCUT2D eigenvalue weighted by Crippen LogP contribution is -2.37. The second kappa shape index (κ2) is 10.00. The number of likely N-dealkylation sites (N-methyl/N-ethyl adjacent to an activating group) is 1. The molecule has 1 aliphatic rings. The minimum absolute atomic E-state index is 0.512. The van der Waals surface area contributed by atoms with Crippen molar-refractivity contribution in [1.82, 2.24) is 10.2 Å². The van der Waals surface area contributed by atoms with Crippen LogP contribution in [0, 0.1) is 0 Å². The van der Waals surface area contributed by atoms with Gasteiger partial charge in [-0.2, -0.15) is 0 Å². The number of hydrogen-bond donors (Lipinski definition) is 2. The third-order valence-corrected chi connectivity index (χ3v) is 3.36. The van der Waals surface area contributed by atoms with Gasteiger partial charge in [-0.05, 0) is 25.9 Å². The Kier molecular flexibility index (Phi) is 8.53. The molecule has 0 aliphatic carbocycles. The fourth-order valence-corrected chi connectivity index (χ4v) is 2.27. The van der Waals surface area contributed by atoms with Crippen LogP contribution in [0.1, 0.15) is 19.8 Å². The Morgan fingerprint density at radius 2 is 2.26 bits per heavy atom. The summed E-state index contributed by atoms with van der Waals surface area (Å²) in [5.41, 5.74) is 5.82. The lowest BCUT2D eigenvalue weighted by atomic mass is 10.2. The number of guanidine groups is 1. The van der Waals surface area contributed by atoms with Crippen LogP contribution in [-0.4, -0.2) is 70.0 Å². The van der Waals surface area contributed by atoms with E-state index in [1.54, 1.807) is 7.11 Å². The summed E-state index contributed by atoms with van der Waals surface area (Å²) in [7, 11) is 1.66. The van der Waals surface area contributed by atoms with Gasteiger partial charge in [0.2, 0.25) is 0 Å². The van der Waals surface area contributed by atoms with E-state index >= 15 is 0 Å². The maximum absolute atomic E-state index is 5.82. The molecule has 1 atom stereocenters. The number of likely N-dealkylation sites (tertiary alicyclic amines) is 1. The van der Waals surface area contributed by atoms with Crippen molar-refractivity contribution in [1.29, 1.82) is 0 Å². The van der Waals surface area contributed by atoms with Gasteiger partial charge in [-0.1, -0.05) is 6.92 Å². The van der Waals surface area contributed by atoms with E-state index in [4.69, 9.17) is 15.2 Å². The van der Waals surface area contributed by atoms with Crippen molar-refractivity contribution in [3.05, 3.63) is 0 Å². The summed E-state index contributed by atoms with van der Waals surface area (Å²) in [6.45, 7) is 7.81. The Balaban J connectivity index is 2.08. The Labute approximate surface area is 116 Å². The van der Waals surface area contributed by atoms with Crippen LogP contribution in [0.25, 0.3) is 0 Å². The summed E-state index contributed by atoms with van der Waals surface area (Å²) in [4.78, 5) is 6.86. The van der Waals surface area contributed by atoms with Crippen molar-refractivity contribution in [3.63, 3.8) is 0 Å². The SMILES string of the molecule is CCN1CCCC1CN=C(N)NCCOCCOC. The van der Waals surface area contributed by atoms with Crippen molar-refractivity contribution < 1.29 is 9.47 Å². The first-order valence-corrected chi connectivity index (χ1v) is 7.12. The van der Waals surface area contributed by atoms with Crippen molar-refractivity contribution in [2.75, 3.05) is 53.1 Å². The van der Waals surface area contributed by atoms with Crippen LogP contribution in [0.5, 0.6) is 0 Å². The number of nitrogens with zero attached hydrogens (tertiary/aromatic N) is 2. The molecule has 6 heteroatoms. The Bertz CT molecular complexity index is 261. The molecule has 1 fully saturated rings. The summed E-state index contributed by atoms with van der Waals surface area (Å²) >= 11 is 0. The van der Waals surface area contributed by atoms with Gasteiger partial charge in [-0.15, -0.1) is 0 Å². The molecule has 0 saturated carbocycles. The smallest absolute Gasteiger partial charge is 0.188 e. The van der Waals surface area contributed by atoms with Gasteiger partial charge in [0.25, 0.3) is 0 Å². The monoisotopic (exact) mass is 272 g/mol. The molecule has 19 heavy (non-hydrogen) atoms. The van der Waals surface area contributed by atoms with Crippen molar-refractivity contribution in [3.8, 4) is 0 Å². The zero-order valence-corrected chi connectivity index (χ0v) is 12.2. The fourth-order valence-electron chi connectivity index (χ4n) is 2.27. The van der Waals surface area contributed by atoms with E-state index < -0.39 is 0 Å². The lowest BCUT2D eigenvalue weighted by Gasteiger charge is -2.20. The van der Waals surface area contributed by atoms with E-state index in [1.165, 1.54) is 19.4 Å². The highest BCUT2D eigenvalue weighted by molar-refractivity contribution is 5.77. The van der Waals surface area contributed by atoms with Gasteiger partial charge in [-0.25, -0.2) is 0 Å². The molecule has 0 aromatic carbocycles. The summed E-state index contributed by atoms with van der Waals surface area (Å²) < 4.78 is 10.2. The maximum Gasteiger partial charge on any atom is 0.188 e. The zero-order valence-electron chi connectivity index (χ0n) is 12.2. The molecule has 0 amide bonds. The highest BCUT2D eigenvalue weighted by atomic mass is 16.5. The number of methoxy groups -OCH3 is 1. The minimum atomic E-state index is 0.512. The molecule has 0 spiro atoms.